The first kappa shape index (κ1) is 25.2. The number of hydrogen-bond acceptors (Lipinski definition) is 5. The number of nitrogens with one attached hydrogen (secondary N) is 1. The molecule has 0 atom stereocenters. The summed E-state index contributed by atoms with van der Waals surface area (Å²) in [5, 5.41) is 17.9. The maximum Gasteiger partial charge on any atom is 0.573 e. The topological polar surface area (TPSA) is 105 Å². The normalized spacial score (nSPS) is 13.7. The van der Waals surface area contributed by atoms with Crippen molar-refractivity contribution < 1.29 is 42.4 Å². The molecule has 1 fully saturated rings. The third-order valence-corrected chi connectivity index (χ3v) is 6.14. The van der Waals surface area contributed by atoms with Crippen LogP contribution in [-0.2, 0) is 6.61 Å². The second-order valence-electron chi connectivity index (χ2n) is 7.47. The van der Waals surface area contributed by atoms with Crippen LogP contribution in [0.4, 0.5) is 18.0 Å². The van der Waals surface area contributed by atoms with Gasteiger partial charge in [-0.2, -0.15) is 0 Å². The number of carboxylic acid groups (broad SMARTS) is 2. The van der Waals surface area contributed by atoms with E-state index in [9.17, 15) is 18.0 Å². The molecule has 3 aromatic rings. The minimum absolute atomic E-state index is 0.122. The molecule has 0 saturated heterocycles. The van der Waals surface area contributed by atoms with Gasteiger partial charge in [0.05, 0.1) is 0 Å². The number of thiophene rings is 1. The van der Waals surface area contributed by atoms with E-state index in [1.807, 2.05) is 24.3 Å². The second kappa shape index (κ2) is 11.1. The number of halogens is 3. The van der Waals surface area contributed by atoms with Crippen molar-refractivity contribution in [2.45, 2.75) is 44.7 Å². The van der Waals surface area contributed by atoms with E-state index in [1.165, 1.54) is 35.6 Å². The lowest BCUT2D eigenvalue weighted by molar-refractivity contribution is -0.274. The maximum absolute atomic E-state index is 12.9. The molecule has 1 aromatic heterocycles. The van der Waals surface area contributed by atoms with Crippen LogP contribution in [0.2, 0.25) is 0 Å². The van der Waals surface area contributed by atoms with Crippen LogP contribution in [-0.4, -0.2) is 34.7 Å². The van der Waals surface area contributed by atoms with Gasteiger partial charge in [-0.3, -0.25) is 4.79 Å². The van der Waals surface area contributed by atoms with Crippen molar-refractivity contribution in [3.05, 3.63) is 59.0 Å². The van der Waals surface area contributed by atoms with Crippen LogP contribution < -0.4 is 14.8 Å². The Morgan fingerprint density at radius 3 is 2.26 bits per heavy atom. The van der Waals surface area contributed by atoms with Gasteiger partial charge in [0.25, 0.3) is 5.91 Å². The number of carbonyl (C=O) groups excluding carboxylic acids is 1. The van der Waals surface area contributed by atoms with E-state index in [2.05, 4.69) is 10.1 Å². The summed E-state index contributed by atoms with van der Waals surface area (Å²) in [6, 6.07) is 13.3. The van der Waals surface area contributed by atoms with Crippen LogP contribution in [0.15, 0.2) is 48.5 Å². The summed E-state index contributed by atoms with van der Waals surface area (Å²) in [6.45, 7) is 0.122. The Morgan fingerprint density at radius 1 is 1.03 bits per heavy atom. The van der Waals surface area contributed by atoms with E-state index in [0.717, 1.165) is 35.8 Å². The average Bonchev–Trinajstić information content (AvgIpc) is 3.39. The average molecular weight is 497 g/mol. The van der Waals surface area contributed by atoms with Crippen molar-refractivity contribution in [3.8, 4) is 11.5 Å². The third kappa shape index (κ3) is 7.27. The lowest BCUT2D eigenvalue weighted by atomic mass is 10.2. The maximum atomic E-state index is 12.9. The first-order valence-corrected chi connectivity index (χ1v) is 11.2. The number of fused-ring (bicyclic) bond motifs is 1. The molecule has 182 valence electrons. The summed E-state index contributed by atoms with van der Waals surface area (Å²) < 4.78 is 47.7. The lowest BCUT2D eigenvalue weighted by Crippen LogP contribution is -2.32. The minimum atomic E-state index is -4.73. The van der Waals surface area contributed by atoms with Crippen molar-refractivity contribution in [2.24, 2.45) is 0 Å². The highest BCUT2D eigenvalue weighted by atomic mass is 32.1. The summed E-state index contributed by atoms with van der Waals surface area (Å²) in [4.78, 5) is 21.9. The van der Waals surface area contributed by atoms with E-state index < -0.39 is 12.5 Å². The van der Waals surface area contributed by atoms with Gasteiger partial charge in [0.2, 0.25) is 0 Å². The molecule has 11 heteroatoms. The van der Waals surface area contributed by atoms with Crippen molar-refractivity contribution in [1.82, 2.24) is 5.32 Å². The zero-order chi connectivity index (χ0) is 24.7. The number of alkyl halides is 3. The van der Waals surface area contributed by atoms with Gasteiger partial charge in [0.15, 0.2) is 5.75 Å². The van der Waals surface area contributed by atoms with Gasteiger partial charge in [-0.1, -0.05) is 37.1 Å². The zero-order valence-corrected chi connectivity index (χ0v) is 18.6. The van der Waals surface area contributed by atoms with Gasteiger partial charge in [-0.25, -0.2) is 4.79 Å². The molecule has 1 amide bonds. The van der Waals surface area contributed by atoms with Gasteiger partial charge in [-0.05, 0) is 42.7 Å². The van der Waals surface area contributed by atoms with Crippen molar-refractivity contribution in [3.63, 3.8) is 0 Å². The summed E-state index contributed by atoms with van der Waals surface area (Å²) in [5.74, 6) is 0.0672. The van der Waals surface area contributed by atoms with Crippen molar-refractivity contribution in [2.75, 3.05) is 0 Å². The van der Waals surface area contributed by atoms with E-state index in [1.54, 1.807) is 0 Å². The minimum Gasteiger partial charge on any atom is -0.487 e. The van der Waals surface area contributed by atoms with Crippen LogP contribution in [0.25, 0.3) is 10.1 Å². The standard InChI is InChI=1S/C22H20F3NO3S.CH2O3/c23-22(24,25)29-16-11-9-14(10-12-16)13-28-19-17-7-3-4-8-18(17)30-20(19)21(27)26-15-5-1-2-6-15;2-1(3)4/h3-4,7-12,15H,1-2,5-6,13H2,(H,26,27);(H2,2,3,4). The molecular weight excluding hydrogens is 475 g/mol. The number of rotatable bonds is 6. The molecule has 0 unspecified atom stereocenters. The van der Waals surface area contributed by atoms with Crippen molar-refractivity contribution >= 4 is 33.5 Å². The molecule has 0 bridgehead atoms. The summed E-state index contributed by atoms with van der Waals surface area (Å²) >= 11 is 1.38. The van der Waals surface area contributed by atoms with E-state index in [-0.39, 0.29) is 24.3 Å². The number of hydrogen-bond donors (Lipinski definition) is 3. The quantitative estimate of drug-likeness (QED) is 0.371. The predicted octanol–water partition coefficient (Wildman–Crippen LogP) is 6.27. The van der Waals surface area contributed by atoms with Crippen LogP contribution >= 0.6 is 11.3 Å². The number of carbonyl (C=O) groups is 2. The van der Waals surface area contributed by atoms with E-state index in [4.69, 9.17) is 19.7 Å². The highest BCUT2D eigenvalue weighted by Gasteiger charge is 2.31. The van der Waals surface area contributed by atoms with Gasteiger partial charge >= 0.3 is 12.5 Å². The fourth-order valence-corrected chi connectivity index (χ4v) is 4.63. The lowest BCUT2D eigenvalue weighted by Gasteiger charge is -2.13. The Labute approximate surface area is 196 Å². The second-order valence-corrected chi connectivity index (χ2v) is 8.53. The summed E-state index contributed by atoms with van der Waals surface area (Å²) in [5.41, 5.74) is 0.668. The van der Waals surface area contributed by atoms with E-state index in [0.29, 0.717) is 16.2 Å². The predicted molar refractivity (Wildman–Crippen MR) is 120 cm³/mol. The molecule has 0 radical (unpaired) electrons. The van der Waals surface area contributed by atoms with Gasteiger partial charge in [-0.15, -0.1) is 24.5 Å². The van der Waals surface area contributed by atoms with Crippen LogP contribution in [0, 0.1) is 0 Å². The Bertz CT molecular complexity index is 1120. The number of ether oxygens (including phenoxy) is 2. The van der Waals surface area contributed by atoms with Gasteiger partial charge in [0, 0.05) is 16.1 Å². The molecule has 1 aliphatic carbocycles. The SMILES string of the molecule is O=C(NC1CCCC1)c1sc2ccccc2c1OCc1ccc(OC(F)(F)F)cc1.O=C(O)O. The molecule has 4 rings (SSSR count). The molecule has 0 spiro atoms. The van der Waals surface area contributed by atoms with Crippen LogP contribution in [0.5, 0.6) is 11.5 Å². The molecule has 2 aromatic carbocycles. The molecule has 1 aliphatic rings. The highest BCUT2D eigenvalue weighted by Crippen LogP contribution is 2.38. The monoisotopic (exact) mass is 497 g/mol. The first-order chi connectivity index (χ1) is 16.1. The summed E-state index contributed by atoms with van der Waals surface area (Å²) in [6.07, 6.45) is -2.35. The van der Waals surface area contributed by atoms with Crippen LogP contribution in [0.1, 0.15) is 40.9 Å². The molecule has 1 heterocycles. The Hall–Kier alpha value is -3.47. The molecule has 0 aliphatic heterocycles. The molecule has 1 saturated carbocycles. The third-order valence-electron chi connectivity index (χ3n) is 4.99. The zero-order valence-electron chi connectivity index (χ0n) is 17.8. The summed E-state index contributed by atoms with van der Waals surface area (Å²) in [7, 11) is 0. The van der Waals surface area contributed by atoms with Crippen molar-refractivity contribution in [1.29, 1.82) is 0 Å². The Morgan fingerprint density at radius 2 is 1.65 bits per heavy atom. The van der Waals surface area contributed by atoms with Gasteiger partial charge < -0.3 is 25.0 Å². The highest BCUT2D eigenvalue weighted by molar-refractivity contribution is 7.21. The smallest absolute Gasteiger partial charge is 0.487 e. The molecule has 34 heavy (non-hydrogen) atoms. The number of benzene rings is 2. The Balaban J connectivity index is 0.000000751. The van der Waals surface area contributed by atoms with Crippen LogP contribution in [0.3, 0.4) is 0 Å². The molecule has 3 N–H and O–H groups in total. The van der Waals surface area contributed by atoms with Gasteiger partial charge in [0.1, 0.15) is 17.2 Å². The fraction of sp³-hybridized carbons (Fsp3) is 0.304. The van der Waals surface area contributed by atoms with E-state index >= 15 is 0 Å². The first-order valence-electron chi connectivity index (χ1n) is 10.3. The number of amides is 1. The molecule has 7 nitrogen and oxygen atoms in total. The fourth-order valence-electron chi connectivity index (χ4n) is 3.58. The Kier molecular flexibility index (Phi) is 8.21. The molecular formula is C23H22F3NO6S. The largest absolute Gasteiger partial charge is 0.573 e.